The van der Waals surface area contributed by atoms with Crippen LogP contribution in [0.4, 0.5) is 11.4 Å². The van der Waals surface area contributed by atoms with Crippen molar-refractivity contribution < 1.29 is 23.9 Å². The summed E-state index contributed by atoms with van der Waals surface area (Å²) in [5.41, 5.74) is 0.261. The van der Waals surface area contributed by atoms with Crippen LogP contribution in [0.3, 0.4) is 0 Å². The number of hydrogen-bond donors (Lipinski definition) is 4. The van der Waals surface area contributed by atoms with Crippen molar-refractivity contribution in [3.05, 3.63) is 18.2 Å². The Hall–Kier alpha value is -3.10. The lowest BCUT2D eigenvalue weighted by atomic mass is 10.2. The number of anilines is 2. The average Bonchev–Trinajstić information content (AvgIpc) is 2.54. The summed E-state index contributed by atoms with van der Waals surface area (Å²) in [6, 6.07) is 4.36. The number of carbonyl (C=O) groups is 4. The van der Waals surface area contributed by atoms with Gasteiger partial charge in [0.25, 0.3) is 0 Å². The highest BCUT2D eigenvalue weighted by Crippen LogP contribution is 2.27. The van der Waals surface area contributed by atoms with Crippen molar-refractivity contribution >= 4 is 35.0 Å². The van der Waals surface area contributed by atoms with Crippen LogP contribution >= 0.6 is 0 Å². The molecule has 0 saturated carbocycles. The van der Waals surface area contributed by atoms with Crippen LogP contribution in [0.25, 0.3) is 0 Å². The first-order valence-corrected chi connectivity index (χ1v) is 6.17. The third kappa shape index (κ3) is 4.20. The maximum atomic E-state index is 11.6. The van der Waals surface area contributed by atoms with Gasteiger partial charge in [-0.25, -0.2) is 0 Å². The molecule has 0 fully saturated rings. The molecule has 0 aliphatic heterocycles. The van der Waals surface area contributed by atoms with Crippen molar-refractivity contribution in [3.63, 3.8) is 0 Å². The number of hydrogen-bond acceptors (Lipinski definition) is 5. The summed E-state index contributed by atoms with van der Waals surface area (Å²) >= 11 is 0. The smallest absolute Gasteiger partial charge is 0.313 e. The van der Waals surface area contributed by atoms with Crippen molar-refractivity contribution in [2.75, 3.05) is 31.8 Å². The molecule has 0 aromatic heterocycles. The van der Waals surface area contributed by atoms with Gasteiger partial charge in [0.1, 0.15) is 5.75 Å². The molecule has 1 aromatic carbocycles. The highest BCUT2D eigenvalue weighted by Gasteiger charge is 2.17. The van der Waals surface area contributed by atoms with E-state index < -0.39 is 23.6 Å². The minimum Gasteiger partial charge on any atom is -0.497 e. The number of methoxy groups -OCH3 is 1. The molecular formula is C13H16N4O5. The highest BCUT2D eigenvalue weighted by molar-refractivity contribution is 6.41. The molecule has 0 bridgehead atoms. The fourth-order valence-corrected chi connectivity index (χ4v) is 1.45. The topological polar surface area (TPSA) is 126 Å². The molecule has 4 N–H and O–H groups in total. The van der Waals surface area contributed by atoms with Gasteiger partial charge in [0.2, 0.25) is 0 Å². The first kappa shape index (κ1) is 17.0. The summed E-state index contributed by atoms with van der Waals surface area (Å²) in [6.07, 6.45) is 0. The number of likely N-dealkylation sites (N-methyl/N-ethyl adjacent to an activating group) is 2. The predicted octanol–water partition coefficient (Wildman–Crippen LogP) is -0.936. The molecule has 0 atom stereocenters. The maximum Gasteiger partial charge on any atom is 0.313 e. The summed E-state index contributed by atoms with van der Waals surface area (Å²) < 4.78 is 5.01. The van der Waals surface area contributed by atoms with Gasteiger partial charge in [-0.3, -0.25) is 19.2 Å². The van der Waals surface area contributed by atoms with Crippen LogP contribution in [-0.2, 0) is 19.2 Å². The van der Waals surface area contributed by atoms with Crippen LogP contribution in [0.2, 0.25) is 0 Å². The number of nitrogens with one attached hydrogen (secondary N) is 4. The number of rotatable bonds is 3. The minimum atomic E-state index is -0.925. The van der Waals surface area contributed by atoms with Gasteiger partial charge in [0.05, 0.1) is 18.5 Å². The maximum absolute atomic E-state index is 11.6. The van der Waals surface area contributed by atoms with E-state index in [9.17, 15) is 19.2 Å². The Bertz CT molecular complexity index is 614. The van der Waals surface area contributed by atoms with Crippen LogP contribution < -0.4 is 26.0 Å². The lowest BCUT2D eigenvalue weighted by Crippen LogP contribution is -2.34. The zero-order valence-electron chi connectivity index (χ0n) is 12.3. The highest BCUT2D eigenvalue weighted by atomic mass is 16.5. The number of ether oxygens (including phenoxy) is 1. The van der Waals surface area contributed by atoms with Crippen molar-refractivity contribution in [2.24, 2.45) is 0 Å². The summed E-state index contributed by atoms with van der Waals surface area (Å²) in [6.45, 7) is 0. The number of carbonyl (C=O) groups excluding carboxylic acids is 4. The second-order valence-corrected chi connectivity index (χ2v) is 3.98. The summed E-state index contributed by atoms with van der Waals surface area (Å²) in [5, 5.41) is 8.98. The van der Waals surface area contributed by atoms with Gasteiger partial charge in [-0.05, 0) is 12.1 Å². The summed E-state index contributed by atoms with van der Waals surface area (Å²) in [4.78, 5) is 45.7. The zero-order valence-corrected chi connectivity index (χ0v) is 12.3. The van der Waals surface area contributed by atoms with Crippen molar-refractivity contribution in [2.45, 2.75) is 0 Å². The van der Waals surface area contributed by atoms with Gasteiger partial charge >= 0.3 is 23.6 Å². The lowest BCUT2D eigenvalue weighted by Gasteiger charge is -2.13. The van der Waals surface area contributed by atoms with Gasteiger partial charge in [-0.2, -0.15) is 0 Å². The molecule has 118 valence electrons. The van der Waals surface area contributed by atoms with Crippen molar-refractivity contribution in [3.8, 4) is 5.75 Å². The Balaban J connectivity index is 3.06. The van der Waals surface area contributed by atoms with Crippen LogP contribution in [-0.4, -0.2) is 44.8 Å². The molecule has 1 aromatic rings. The molecule has 22 heavy (non-hydrogen) atoms. The molecule has 0 spiro atoms. The van der Waals surface area contributed by atoms with Crippen LogP contribution in [0.1, 0.15) is 0 Å². The van der Waals surface area contributed by atoms with Gasteiger partial charge in [0.15, 0.2) is 0 Å². The third-order valence-corrected chi connectivity index (χ3v) is 2.59. The molecular weight excluding hydrogens is 292 g/mol. The SMILES string of the molecule is CNC(=O)C(=O)Nc1ccc(OC)cc1NC(=O)C(=O)NC. The van der Waals surface area contributed by atoms with Crippen molar-refractivity contribution in [1.82, 2.24) is 10.6 Å². The fraction of sp³-hybridized carbons (Fsp3) is 0.231. The van der Waals surface area contributed by atoms with Crippen LogP contribution in [0, 0.1) is 0 Å². The Labute approximate surface area is 126 Å². The quantitative estimate of drug-likeness (QED) is 0.536. The van der Waals surface area contributed by atoms with Gasteiger partial charge in [-0.15, -0.1) is 0 Å². The van der Waals surface area contributed by atoms with E-state index in [0.717, 1.165) is 0 Å². The Morgan fingerprint density at radius 3 is 1.77 bits per heavy atom. The molecule has 0 unspecified atom stereocenters. The Morgan fingerprint density at radius 2 is 1.32 bits per heavy atom. The predicted molar refractivity (Wildman–Crippen MR) is 78.4 cm³/mol. The zero-order chi connectivity index (χ0) is 16.7. The fourth-order valence-electron chi connectivity index (χ4n) is 1.45. The van der Waals surface area contributed by atoms with Crippen LogP contribution in [0.15, 0.2) is 18.2 Å². The second-order valence-electron chi connectivity index (χ2n) is 3.98. The molecule has 0 saturated heterocycles. The molecule has 0 radical (unpaired) electrons. The molecule has 4 amide bonds. The van der Waals surface area contributed by atoms with E-state index in [4.69, 9.17) is 4.74 Å². The Kier molecular flexibility index (Phi) is 5.87. The minimum absolute atomic E-state index is 0.116. The van der Waals surface area contributed by atoms with Crippen molar-refractivity contribution in [1.29, 1.82) is 0 Å². The van der Waals surface area contributed by atoms with Gasteiger partial charge < -0.3 is 26.0 Å². The largest absolute Gasteiger partial charge is 0.497 e. The molecule has 1 rings (SSSR count). The lowest BCUT2D eigenvalue weighted by molar-refractivity contribution is -0.135. The van der Waals surface area contributed by atoms with Gasteiger partial charge in [-0.1, -0.05) is 0 Å². The monoisotopic (exact) mass is 308 g/mol. The van der Waals surface area contributed by atoms with Crippen LogP contribution in [0.5, 0.6) is 5.75 Å². The average molecular weight is 308 g/mol. The second kappa shape index (κ2) is 7.62. The molecule has 9 nitrogen and oxygen atoms in total. The van der Waals surface area contributed by atoms with E-state index in [1.165, 1.54) is 39.4 Å². The molecule has 0 heterocycles. The first-order chi connectivity index (χ1) is 10.4. The first-order valence-electron chi connectivity index (χ1n) is 6.17. The standard InChI is InChI=1S/C13H16N4O5/c1-14-10(18)12(20)16-8-5-4-7(22-3)6-9(8)17-13(21)11(19)15-2/h4-6H,1-3H3,(H,14,18)(H,15,19)(H,16,20)(H,17,21). The summed E-state index contributed by atoms with van der Waals surface area (Å²) in [5.74, 6) is -3.15. The van der Waals surface area contributed by atoms with Gasteiger partial charge in [0, 0.05) is 20.2 Å². The normalized spacial score (nSPS) is 9.41. The van der Waals surface area contributed by atoms with E-state index in [0.29, 0.717) is 5.75 Å². The van der Waals surface area contributed by atoms with E-state index in [1.54, 1.807) is 0 Å². The molecule has 0 aliphatic carbocycles. The summed E-state index contributed by atoms with van der Waals surface area (Å²) in [7, 11) is 4.04. The Morgan fingerprint density at radius 1 is 0.818 bits per heavy atom. The number of benzene rings is 1. The third-order valence-electron chi connectivity index (χ3n) is 2.59. The number of amides is 4. The van der Waals surface area contributed by atoms with E-state index in [2.05, 4.69) is 21.3 Å². The van der Waals surface area contributed by atoms with E-state index in [-0.39, 0.29) is 11.4 Å². The van der Waals surface area contributed by atoms with E-state index in [1.807, 2.05) is 0 Å². The molecule has 0 aliphatic rings. The van der Waals surface area contributed by atoms with E-state index >= 15 is 0 Å². The molecule has 9 heteroatoms.